The summed E-state index contributed by atoms with van der Waals surface area (Å²) < 4.78 is 0. The second kappa shape index (κ2) is 5.48. The molecule has 1 aliphatic rings. The first-order chi connectivity index (χ1) is 7.79. The van der Waals surface area contributed by atoms with Crippen LogP contribution in [0.5, 0.6) is 0 Å². The van der Waals surface area contributed by atoms with E-state index in [1.807, 2.05) is 0 Å². The molecule has 90 valence electrons. The molecule has 0 spiro atoms. The Labute approximate surface area is 98.1 Å². The number of nitrogens with zero attached hydrogens (tertiary/aromatic N) is 1. The Balaban J connectivity index is 1.73. The van der Waals surface area contributed by atoms with Crippen molar-refractivity contribution >= 4 is 0 Å². The van der Waals surface area contributed by atoms with Gasteiger partial charge in [-0.1, -0.05) is 13.3 Å². The topological polar surface area (TPSA) is 40.7 Å². The van der Waals surface area contributed by atoms with Crippen LogP contribution in [0.3, 0.4) is 0 Å². The highest BCUT2D eigenvalue weighted by molar-refractivity contribution is 5.08. The van der Waals surface area contributed by atoms with Gasteiger partial charge in [0.1, 0.15) is 0 Å². The van der Waals surface area contributed by atoms with Crippen molar-refractivity contribution in [2.75, 3.05) is 0 Å². The van der Waals surface area contributed by atoms with E-state index in [-0.39, 0.29) is 0 Å². The SMILES string of the molecule is CCC1CCC(NCc2nc[nH]c2C)CC1. The van der Waals surface area contributed by atoms with Crippen LogP contribution in [-0.2, 0) is 6.54 Å². The minimum absolute atomic E-state index is 0.707. The Hall–Kier alpha value is -0.830. The first-order valence-corrected chi connectivity index (χ1v) is 6.51. The van der Waals surface area contributed by atoms with Crippen LogP contribution in [0.2, 0.25) is 0 Å². The van der Waals surface area contributed by atoms with Gasteiger partial charge in [-0.3, -0.25) is 0 Å². The number of aromatic nitrogens is 2. The third-order valence-electron chi connectivity index (χ3n) is 3.92. The van der Waals surface area contributed by atoms with Gasteiger partial charge in [-0.25, -0.2) is 4.98 Å². The summed E-state index contributed by atoms with van der Waals surface area (Å²) in [5, 5.41) is 3.63. The molecule has 0 aromatic carbocycles. The number of hydrogen-bond acceptors (Lipinski definition) is 2. The fourth-order valence-corrected chi connectivity index (χ4v) is 2.58. The minimum Gasteiger partial charge on any atom is -0.348 e. The normalized spacial score (nSPS) is 25.9. The van der Waals surface area contributed by atoms with E-state index in [1.54, 1.807) is 6.33 Å². The highest BCUT2D eigenvalue weighted by atomic mass is 15.0. The predicted octanol–water partition coefficient (Wildman–Crippen LogP) is 2.78. The second-order valence-electron chi connectivity index (χ2n) is 4.98. The molecule has 2 N–H and O–H groups in total. The molecule has 1 aliphatic carbocycles. The number of hydrogen-bond donors (Lipinski definition) is 2. The van der Waals surface area contributed by atoms with Crippen molar-refractivity contribution in [3.8, 4) is 0 Å². The highest BCUT2D eigenvalue weighted by Gasteiger charge is 2.19. The van der Waals surface area contributed by atoms with Crippen molar-refractivity contribution in [1.82, 2.24) is 15.3 Å². The third kappa shape index (κ3) is 2.85. The Morgan fingerprint density at radius 3 is 2.69 bits per heavy atom. The monoisotopic (exact) mass is 221 g/mol. The zero-order valence-electron chi connectivity index (χ0n) is 10.4. The van der Waals surface area contributed by atoms with Crippen LogP contribution in [0.1, 0.15) is 50.4 Å². The summed E-state index contributed by atoms with van der Waals surface area (Å²) in [6.07, 6.45) is 8.59. The maximum atomic E-state index is 4.31. The number of aromatic amines is 1. The van der Waals surface area contributed by atoms with E-state index in [9.17, 15) is 0 Å². The molecule has 0 bridgehead atoms. The number of rotatable bonds is 4. The lowest BCUT2D eigenvalue weighted by Crippen LogP contribution is -2.32. The van der Waals surface area contributed by atoms with Gasteiger partial charge >= 0.3 is 0 Å². The standard InChI is InChI=1S/C13H23N3/c1-3-11-4-6-12(7-5-11)14-8-13-10(2)15-9-16-13/h9,11-12,14H,3-8H2,1-2H3,(H,15,16). The van der Waals surface area contributed by atoms with Crippen LogP contribution in [0.4, 0.5) is 0 Å². The molecular formula is C13H23N3. The second-order valence-corrected chi connectivity index (χ2v) is 4.98. The molecule has 0 saturated heterocycles. The van der Waals surface area contributed by atoms with E-state index < -0.39 is 0 Å². The highest BCUT2D eigenvalue weighted by Crippen LogP contribution is 2.26. The lowest BCUT2D eigenvalue weighted by molar-refractivity contribution is 0.284. The lowest BCUT2D eigenvalue weighted by atomic mass is 9.84. The van der Waals surface area contributed by atoms with Crippen molar-refractivity contribution in [2.45, 2.75) is 58.5 Å². The Morgan fingerprint density at radius 2 is 2.12 bits per heavy atom. The fraction of sp³-hybridized carbons (Fsp3) is 0.769. The van der Waals surface area contributed by atoms with Crippen LogP contribution in [0.25, 0.3) is 0 Å². The molecule has 2 rings (SSSR count). The zero-order valence-corrected chi connectivity index (χ0v) is 10.4. The molecule has 1 heterocycles. The van der Waals surface area contributed by atoms with E-state index in [0.29, 0.717) is 6.04 Å². The van der Waals surface area contributed by atoms with Crippen LogP contribution in [-0.4, -0.2) is 16.0 Å². The summed E-state index contributed by atoms with van der Waals surface area (Å²) in [6, 6.07) is 0.707. The molecule has 0 atom stereocenters. The molecule has 3 nitrogen and oxygen atoms in total. The average Bonchev–Trinajstić information content (AvgIpc) is 2.73. The largest absolute Gasteiger partial charge is 0.348 e. The van der Waals surface area contributed by atoms with Gasteiger partial charge in [0.05, 0.1) is 12.0 Å². The number of aryl methyl sites for hydroxylation is 1. The predicted molar refractivity (Wildman–Crippen MR) is 66.2 cm³/mol. The van der Waals surface area contributed by atoms with Gasteiger partial charge in [0, 0.05) is 18.3 Å². The molecule has 0 unspecified atom stereocenters. The molecule has 1 saturated carbocycles. The van der Waals surface area contributed by atoms with E-state index in [0.717, 1.165) is 18.2 Å². The lowest BCUT2D eigenvalue weighted by Gasteiger charge is -2.28. The zero-order chi connectivity index (χ0) is 11.4. The van der Waals surface area contributed by atoms with E-state index in [1.165, 1.54) is 37.8 Å². The summed E-state index contributed by atoms with van der Waals surface area (Å²) in [4.78, 5) is 7.43. The summed E-state index contributed by atoms with van der Waals surface area (Å²) in [7, 11) is 0. The van der Waals surface area contributed by atoms with Gasteiger partial charge in [-0.05, 0) is 38.5 Å². The molecule has 16 heavy (non-hydrogen) atoms. The minimum atomic E-state index is 0.707. The number of nitrogens with one attached hydrogen (secondary N) is 2. The molecule has 1 fully saturated rings. The molecule has 1 aromatic rings. The van der Waals surface area contributed by atoms with Crippen molar-refractivity contribution in [1.29, 1.82) is 0 Å². The van der Waals surface area contributed by atoms with E-state index in [4.69, 9.17) is 0 Å². The van der Waals surface area contributed by atoms with E-state index >= 15 is 0 Å². The van der Waals surface area contributed by atoms with Crippen molar-refractivity contribution in [3.05, 3.63) is 17.7 Å². The van der Waals surface area contributed by atoms with E-state index in [2.05, 4.69) is 29.1 Å². The Bertz CT molecular complexity index is 311. The van der Waals surface area contributed by atoms with Gasteiger partial charge in [-0.15, -0.1) is 0 Å². The summed E-state index contributed by atoms with van der Waals surface area (Å²) in [5.74, 6) is 0.977. The summed E-state index contributed by atoms with van der Waals surface area (Å²) in [6.45, 7) is 5.31. The number of H-pyrrole nitrogens is 1. The Morgan fingerprint density at radius 1 is 1.38 bits per heavy atom. The molecule has 0 amide bonds. The summed E-state index contributed by atoms with van der Waals surface area (Å²) >= 11 is 0. The summed E-state index contributed by atoms with van der Waals surface area (Å²) in [5.41, 5.74) is 2.35. The maximum absolute atomic E-state index is 4.31. The van der Waals surface area contributed by atoms with Gasteiger partial charge in [-0.2, -0.15) is 0 Å². The quantitative estimate of drug-likeness (QED) is 0.820. The van der Waals surface area contributed by atoms with Gasteiger partial charge in [0.2, 0.25) is 0 Å². The van der Waals surface area contributed by atoms with Gasteiger partial charge in [0.15, 0.2) is 0 Å². The van der Waals surface area contributed by atoms with Crippen LogP contribution < -0.4 is 5.32 Å². The van der Waals surface area contributed by atoms with Crippen molar-refractivity contribution in [2.24, 2.45) is 5.92 Å². The number of imidazole rings is 1. The van der Waals surface area contributed by atoms with Gasteiger partial charge < -0.3 is 10.3 Å². The van der Waals surface area contributed by atoms with Gasteiger partial charge in [0.25, 0.3) is 0 Å². The molecule has 0 radical (unpaired) electrons. The average molecular weight is 221 g/mol. The molecule has 3 heteroatoms. The fourth-order valence-electron chi connectivity index (χ4n) is 2.58. The van der Waals surface area contributed by atoms with Crippen LogP contribution in [0.15, 0.2) is 6.33 Å². The molecule has 1 aromatic heterocycles. The van der Waals surface area contributed by atoms with Crippen molar-refractivity contribution in [3.63, 3.8) is 0 Å². The maximum Gasteiger partial charge on any atom is 0.0925 e. The van der Waals surface area contributed by atoms with Crippen molar-refractivity contribution < 1.29 is 0 Å². The third-order valence-corrected chi connectivity index (χ3v) is 3.92. The Kier molecular flexibility index (Phi) is 3.99. The smallest absolute Gasteiger partial charge is 0.0925 e. The molecule has 0 aliphatic heterocycles. The first kappa shape index (κ1) is 11.6. The van der Waals surface area contributed by atoms with Crippen LogP contribution in [0, 0.1) is 12.8 Å². The first-order valence-electron chi connectivity index (χ1n) is 6.51. The van der Waals surface area contributed by atoms with Crippen LogP contribution >= 0.6 is 0 Å². The molecular weight excluding hydrogens is 198 g/mol.